The van der Waals surface area contributed by atoms with Crippen molar-refractivity contribution in [3.05, 3.63) is 53.1 Å². The number of nitrogens with zero attached hydrogens (tertiary/aromatic N) is 2. The fraction of sp³-hybridized carbons (Fsp3) is 0.429. The quantitative estimate of drug-likeness (QED) is 0.777. The van der Waals surface area contributed by atoms with Crippen molar-refractivity contribution in [1.82, 2.24) is 14.8 Å². The number of halogens is 2. The highest BCUT2D eigenvalue weighted by atomic mass is 35.5. The molecule has 1 aromatic carbocycles. The Morgan fingerprint density at radius 3 is 2.59 bits per heavy atom. The second-order valence-electron chi connectivity index (χ2n) is 7.27. The van der Waals surface area contributed by atoms with Crippen LogP contribution in [0.4, 0.5) is 4.39 Å². The van der Waals surface area contributed by atoms with Crippen molar-refractivity contribution in [3.8, 4) is 5.69 Å². The Hall–Kier alpha value is -2.38. The van der Waals surface area contributed by atoms with E-state index in [1.807, 2.05) is 24.5 Å². The van der Waals surface area contributed by atoms with Crippen molar-refractivity contribution >= 4 is 24.2 Å². The highest BCUT2D eigenvalue weighted by Crippen LogP contribution is 2.25. The van der Waals surface area contributed by atoms with E-state index in [0.29, 0.717) is 31.7 Å². The van der Waals surface area contributed by atoms with Crippen LogP contribution in [-0.2, 0) is 4.79 Å². The topological polar surface area (TPSA) is 80.4 Å². The van der Waals surface area contributed by atoms with Gasteiger partial charge in [0.1, 0.15) is 5.82 Å². The zero-order valence-electron chi connectivity index (χ0n) is 16.8. The Balaban J connectivity index is 0.00000300. The van der Waals surface area contributed by atoms with Gasteiger partial charge in [0.25, 0.3) is 5.91 Å². The molecule has 3 rings (SSSR count). The number of benzene rings is 1. The molecule has 158 valence electrons. The van der Waals surface area contributed by atoms with Crippen LogP contribution >= 0.6 is 12.4 Å². The van der Waals surface area contributed by atoms with E-state index in [4.69, 9.17) is 5.73 Å². The van der Waals surface area contributed by atoms with Crippen molar-refractivity contribution < 1.29 is 14.0 Å². The van der Waals surface area contributed by atoms with Gasteiger partial charge in [0, 0.05) is 43.3 Å². The molecule has 0 bridgehead atoms. The third-order valence-electron chi connectivity index (χ3n) is 5.27. The molecule has 1 saturated heterocycles. The summed E-state index contributed by atoms with van der Waals surface area (Å²) in [6, 6.07) is 8.07. The second kappa shape index (κ2) is 9.89. The van der Waals surface area contributed by atoms with Gasteiger partial charge in [-0.3, -0.25) is 9.59 Å². The van der Waals surface area contributed by atoms with Gasteiger partial charge in [-0.1, -0.05) is 0 Å². The van der Waals surface area contributed by atoms with Gasteiger partial charge in [-0.15, -0.1) is 12.4 Å². The first kappa shape index (κ1) is 22.9. The van der Waals surface area contributed by atoms with Crippen molar-refractivity contribution in [1.29, 1.82) is 0 Å². The number of piperidine rings is 1. The number of likely N-dealkylation sites (tertiary alicyclic amines) is 1. The standard InChI is InChI=1S/C21H27FN4O2.ClH/c1-14-12-19(15(2)26(14)18-7-5-17(22)6-8-18)21(28)25-11-3-4-16(13-25)20(27)24-10-9-23;/h5-8,12,16H,3-4,9-11,13,23H2,1-2H3,(H,24,27);1H. The van der Waals surface area contributed by atoms with Gasteiger partial charge in [-0.05, 0) is 57.0 Å². The molecule has 0 spiro atoms. The Kier molecular flexibility index (Phi) is 7.81. The third-order valence-corrected chi connectivity index (χ3v) is 5.27. The molecule has 2 aromatic rings. The number of aryl methyl sites for hydroxylation is 1. The number of nitrogens with two attached hydrogens (primary N) is 1. The minimum Gasteiger partial charge on any atom is -0.355 e. The van der Waals surface area contributed by atoms with Crippen molar-refractivity contribution in [2.75, 3.05) is 26.2 Å². The van der Waals surface area contributed by atoms with Crippen LogP contribution in [0.3, 0.4) is 0 Å². The summed E-state index contributed by atoms with van der Waals surface area (Å²) < 4.78 is 15.2. The zero-order chi connectivity index (χ0) is 20.3. The van der Waals surface area contributed by atoms with E-state index in [0.717, 1.165) is 29.9 Å². The molecule has 3 N–H and O–H groups in total. The second-order valence-corrected chi connectivity index (χ2v) is 7.27. The summed E-state index contributed by atoms with van der Waals surface area (Å²) in [6.07, 6.45) is 1.57. The van der Waals surface area contributed by atoms with Crippen molar-refractivity contribution in [3.63, 3.8) is 0 Å². The van der Waals surface area contributed by atoms with Gasteiger partial charge in [-0.25, -0.2) is 4.39 Å². The van der Waals surface area contributed by atoms with Crippen LogP contribution in [0, 0.1) is 25.6 Å². The van der Waals surface area contributed by atoms with E-state index in [-0.39, 0.29) is 36.0 Å². The minimum absolute atomic E-state index is 0. The number of carbonyl (C=O) groups excluding carboxylic acids is 2. The maximum absolute atomic E-state index is 13.2. The molecule has 1 unspecified atom stereocenters. The SMILES string of the molecule is Cc1cc(C(=O)N2CCCC(C(=O)NCCN)C2)c(C)n1-c1ccc(F)cc1.Cl. The fourth-order valence-electron chi connectivity index (χ4n) is 3.85. The van der Waals surface area contributed by atoms with Gasteiger partial charge in [0.05, 0.1) is 11.5 Å². The third kappa shape index (κ3) is 4.97. The van der Waals surface area contributed by atoms with Crippen molar-refractivity contribution in [2.45, 2.75) is 26.7 Å². The van der Waals surface area contributed by atoms with E-state index in [1.54, 1.807) is 17.0 Å². The molecule has 2 amide bonds. The van der Waals surface area contributed by atoms with E-state index >= 15 is 0 Å². The molecule has 0 aliphatic carbocycles. The smallest absolute Gasteiger partial charge is 0.255 e. The number of hydrogen-bond donors (Lipinski definition) is 2. The number of hydrogen-bond acceptors (Lipinski definition) is 3. The Bertz CT molecular complexity index is 866. The van der Waals surface area contributed by atoms with Gasteiger partial charge in [0.2, 0.25) is 5.91 Å². The predicted molar refractivity (Wildman–Crippen MR) is 113 cm³/mol. The Labute approximate surface area is 176 Å². The molecule has 6 nitrogen and oxygen atoms in total. The minimum atomic E-state index is -0.296. The molecule has 29 heavy (non-hydrogen) atoms. The number of nitrogens with one attached hydrogen (secondary N) is 1. The molecule has 1 fully saturated rings. The molecule has 0 saturated carbocycles. The first-order valence-electron chi connectivity index (χ1n) is 9.64. The summed E-state index contributed by atoms with van der Waals surface area (Å²) >= 11 is 0. The van der Waals surface area contributed by atoms with Gasteiger partial charge in [0.15, 0.2) is 0 Å². The normalized spacial score (nSPS) is 16.3. The molecule has 1 aromatic heterocycles. The largest absolute Gasteiger partial charge is 0.355 e. The number of rotatable bonds is 5. The number of amides is 2. The maximum atomic E-state index is 13.2. The summed E-state index contributed by atoms with van der Waals surface area (Å²) in [6.45, 7) is 5.71. The van der Waals surface area contributed by atoms with E-state index in [2.05, 4.69) is 5.32 Å². The van der Waals surface area contributed by atoms with Crippen LogP contribution in [0.15, 0.2) is 30.3 Å². The molecule has 1 aliphatic heterocycles. The van der Waals surface area contributed by atoms with Gasteiger partial charge >= 0.3 is 0 Å². The lowest BCUT2D eigenvalue weighted by molar-refractivity contribution is -0.126. The number of aromatic nitrogens is 1. The van der Waals surface area contributed by atoms with Crippen LogP contribution in [0.2, 0.25) is 0 Å². The molecular weight excluding hydrogens is 395 g/mol. The molecular formula is C21H28ClFN4O2. The van der Waals surface area contributed by atoms with Gasteiger partial charge < -0.3 is 20.5 Å². The van der Waals surface area contributed by atoms with Crippen LogP contribution in [0.1, 0.15) is 34.6 Å². The van der Waals surface area contributed by atoms with Crippen LogP contribution < -0.4 is 11.1 Å². The Morgan fingerprint density at radius 2 is 1.93 bits per heavy atom. The van der Waals surface area contributed by atoms with Crippen LogP contribution in [0.5, 0.6) is 0 Å². The molecule has 1 atom stereocenters. The lowest BCUT2D eigenvalue weighted by atomic mass is 9.96. The molecule has 2 heterocycles. The van der Waals surface area contributed by atoms with E-state index < -0.39 is 0 Å². The highest BCUT2D eigenvalue weighted by molar-refractivity contribution is 5.96. The van der Waals surface area contributed by atoms with E-state index in [1.165, 1.54) is 12.1 Å². The predicted octanol–water partition coefficient (Wildman–Crippen LogP) is 2.58. The summed E-state index contributed by atoms with van der Waals surface area (Å²) in [5, 5.41) is 2.82. The lowest BCUT2D eigenvalue weighted by Gasteiger charge is -2.32. The first-order chi connectivity index (χ1) is 13.4. The molecule has 1 aliphatic rings. The first-order valence-corrected chi connectivity index (χ1v) is 9.64. The van der Waals surface area contributed by atoms with Crippen molar-refractivity contribution in [2.24, 2.45) is 11.7 Å². The molecule has 0 radical (unpaired) electrons. The lowest BCUT2D eigenvalue weighted by Crippen LogP contribution is -2.46. The molecule has 8 heteroatoms. The zero-order valence-corrected chi connectivity index (χ0v) is 17.6. The summed E-state index contributed by atoms with van der Waals surface area (Å²) in [5.74, 6) is -0.614. The number of carbonyl (C=O) groups is 2. The van der Waals surface area contributed by atoms with E-state index in [9.17, 15) is 14.0 Å². The average Bonchev–Trinajstić information content (AvgIpc) is 3.00. The summed E-state index contributed by atoms with van der Waals surface area (Å²) in [7, 11) is 0. The fourth-order valence-corrected chi connectivity index (χ4v) is 3.85. The average molecular weight is 423 g/mol. The summed E-state index contributed by atoms with van der Waals surface area (Å²) in [5.41, 5.74) is 8.59. The maximum Gasteiger partial charge on any atom is 0.255 e. The van der Waals surface area contributed by atoms with Crippen LogP contribution in [0.25, 0.3) is 5.69 Å². The van der Waals surface area contributed by atoms with Crippen LogP contribution in [-0.4, -0.2) is 47.5 Å². The Morgan fingerprint density at radius 1 is 1.24 bits per heavy atom. The highest BCUT2D eigenvalue weighted by Gasteiger charge is 2.30. The summed E-state index contributed by atoms with van der Waals surface area (Å²) in [4.78, 5) is 27.2. The monoisotopic (exact) mass is 422 g/mol. The van der Waals surface area contributed by atoms with Gasteiger partial charge in [-0.2, -0.15) is 0 Å².